The number of aliphatic hydroxyl groups is 1. The Labute approximate surface area is 112 Å². The van der Waals surface area contributed by atoms with Gasteiger partial charge >= 0.3 is 0 Å². The van der Waals surface area contributed by atoms with Gasteiger partial charge in [-0.3, -0.25) is 0 Å². The second-order valence-electron chi connectivity index (χ2n) is 4.30. The number of benzene rings is 1. The van der Waals surface area contributed by atoms with Crippen LogP contribution >= 0.6 is 0 Å². The maximum atomic E-state index is 9.42. The van der Waals surface area contributed by atoms with Crippen molar-refractivity contribution in [2.45, 2.75) is 20.5 Å². The molecule has 1 aromatic heterocycles. The third-order valence-electron chi connectivity index (χ3n) is 2.85. The van der Waals surface area contributed by atoms with Crippen LogP contribution in [0, 0.1) is 13.8 Å². The molecule has 1 aromatic carbocycles. The number of aromatic nitrogens is 1. The second-order valence-corrected chi connectivity index (χ2v) is 4.30. The zero-order valence-electron chi connectivity index (χ0n) is 11.3. The van der Waals surface area contributed by atoms with E-state index >= 15 is 0 Å². The van der Waals surface area contributed by atoms with Gasteiger partial charge in [0.2, 0.25) is 5.88 Å². The molecule has 2 rings (SSSR count). The summed E-state index contributed by atoms with van der Waals surface area (Å²) in [6.07, 6.45) is 0. The Morgan fingerprint density at radius 3 is 2.58 bits per heavy atom. The summed E-state index contributed by atoms with van der Waals surface area (Å²) in [6, 6.07) is 9.21. The quantitative estimate of drug-likeness (QED) is 0.917. The first kappa shape index (κ1) is 13.4. The SMILES string of the molecule is COc1cccc(Oc2nc(C)cc(C)c2CO)c1. The van der Waals surface area contributed by atoms with Gasteiger partial charge in [0.25, 0.3) is 0 Å². The van der Waals surface area contributed by atoms with Gasteiger partial charge < -0.3 is 14.6 Å². The van der Waals surface area contributed by atoms with E-state index in [9.17, 15) is 5.11 Å². The number of methoxy groups -OCH3 is 1. The average molecular weight is 259 g/mol. The summed E-state index contributed by atoms with van der Waals surface area (Å²) in [5.41, 5.74) is 2.52. The van der Waals surface area contributed by atoms with Crippen molar-refractivity contribution in [2.24, 2.45) is 0 Å². The summed E-state index contributed by atoms with van der Waals surface area (Å²) in [7, 11) is 1.60. The average Bonchev–Trinajstić information content (AvgIpc) is 2.38. The predicted octanol–water partition coefficient (Wildman–Crippen LogP) is 2.99. The van der Waals surface area contributed by atoms with Crippen LogP contribution in [-0.4, -0.2) is 17.2 Å². The number of hydrogen-bond donors (Lipinski definition) is 1. The van der Waals surface area contributed by atoms with Crippen LogP contribution in [0.25, 0.3) is 0 Å². The molecule has 0 saturated heterocycles. The highest BCUT2D eigenvalue weighted by Crippen LogP contribution is 2.28. The van der Waals surface area contributed by atoms with Gasteiger partial charge in [-0.05, 0) is 37.6 Å². The van der Waals surface area contributed by atoms with Crippen molar-refractivity contribution in [3.8, 4) is 17.4 Å². The maximum Gasteiger partial charge on any atom is 0.225 e. The Hall–Kier alpha value is -2.07. The third kappa shape index (κ3) is 3.03. The Balaban J connectivity index is 2.36. The van der Waals surface area contributed by atoms with Crippen LogP contribution < -0.4 is 9.47 Å². The molecule has 0 saturated carbocycles. The Morgan fingerprint density at radius 2 is 1.89 bits per heavy atom. The van der Waals surface area contributed by atoms with Crippen molar-refractivity contribution in [3.63, 3.8) is 0 Å². The van der Waals surface area contributed by atoms with E-state index < -0.39 is 0 Å². The third-order valence-corrected chi connectivity index (χ3v) is 2.85. The largest absolute Gasteiger partial charge is 0.497 e. The monoisotopic (exact) mass is 259 g/mol. The van der Waals surface area contributed by atoms with E-state index in [0.29, 0.717) is 22.9 Å². The summed E-state index contributed by atoms with van der Waals surface area (Å²) in [6.45, 7) is 3.73. The molecule has 4 nitrogen and oxygen atoms in total. The molecule has 0 radical (unpaired) electrons. The molecule has 0 aliphatic rings. The van der Waals surface area contributed by atoms with Crippen LogP contribution in [0.4, 0.5) is 0 Å². The number of rotatable bonds is 4. The summed E-state index contributed by atoms with van der Waals surface area (Å²) in [4.78, 5) is 4.33. The fourth-order valence-electron chi connectivity index (χ4n) is 1.88. The van der Waals surface area contributed by atoms with E-state index in [1.807, 2.05) is 38.1 Å². The number of pyridine rings is 1. The fourth-order valence-corrected chi connectivity index (χ4v) is 1.88. The normalized spacial score (nSPS) is 10.3. The first-order valence-electron chi connectivity index (χ1n) is 6.04. The minimum absolute atomic E-state index is 0.0988. The summed E-state index contributed by atoms with van der Waals surface area (Å²) in [5.74, 6) is 1.78. The number of aryl methyl sites for hydroxylation is 2. The first-order valence-corrected chi connectivity index (χ1v) is 6.04. The highest BCUT2D eigenvalue weighted by Gasteiger charge is 2.10. The van der Waals surface area contributed by atoms with Gasteiger partial charge in [0, 0.05) is 17.3 Å². The molecular weight excluding hydrogens is 242 g/mol. The predicted molar refractivity (Wildman–Crippen MR) is 72.7 cm³/mol. The first-order chi connectivity index (χ1) is 9.13. The molecule has 19 heavy (non-hydrogen) atoms. The molecule has 0 amide bonds. The lowest BCUT2D eigenvalue weighted by Crippen LogP contribution is -1.99. The Kier molecular flexibility index (Phi) is 4.02. The minimum Gasteiger partial charge on any atom is -0.497 e. The van der Waals surface area contributed by atoms with Gasteiger partial charge in [0.1, 0.15) is 11.5 Å². The van der Waals surface area contributed by atoms with E-state index in [0.717, 1.165) is 11.3 Å². The molecule has 100 valence electrons. The molecule has 2 aromatic rings. The van der Waals surface area contributed by atoms with Gasteiger partial charge in [-0.15, -0.1) is 0 Å². The minimum atomic E-state index is -0.0988. The lowest BCUT2D eigenvalue weighted by molar-refractivity contribution is 0.274. The lowest BCUT2D eigenvalue weighted by Gasteiger charge is -2.12. The van der Waals surface area contributed by atoms with Crippen molar-refractivity contribution in [2.75, 3.05) is 7.11 Å². The van der Waals surface area contributed by atoms with Crippen LogP contribution in [0.2, 0.25) is 0 Å². The molecule has 0 spiro atoms. The highest BCUT2D eigenvalue weighted by atomic mass is 16.5. The molecule has 0 bridgehead atoms. The van der Waals surface area contributed by atoms with Gasteiger partial charge in [-0.2, -0.15) is 0 Å². The second kappa shape index (κ2) is 5.71. The zero-order chi connectivity index (χ0) is 13.8. The molecule has 4 heteroatoms. The maximum absolute atomic E-state index is 9.42. The van der Waals surface area contributed by atoms with E-state index in [-0.39, 0.29) is 6.61 Å². The van der Waals surface area contributed by atoms with E-state index in [4.69, 9.17) is 9.47 Å². The number of hydrogen-bond acceptors (Lipinski definition) is 4. The molecule has 0 fully saturated rings. The molecular formula is C15H17NO3. The van der Waals surface area contributed by atoms with Gasteiger partial charge in [0.15, 0.2) is 0 Å². The topological polar surface area (TPSA) is 51.6 Å². The molecule has 0 aliphatic heterocycles. The smallest absolute Gasteiger partial charge is 0.225 e. The number of aliphatic hydroxyl groups excluding tert-OH is 1. The molecule has 0 unspecified atom stereocenters. The number of ether oxygens (including phenoxy) is 2. The summed E-state index contributed by atoms with van der Waals surface area (Å²) >= 11 is 0. The fraction of sp³-hybridized carbons (Fsp3) is 0.267. The van der Waals surface area contributed by atoms with Crippen molar-refractivity contribution < 1.29 is 14.6 Å². The van der Waals surface area contributed by atoms with Gasteiger partial charge in [0.05, 0.1) is 13.7 Å². The zero-order valence-corrected chi connectivity index (χ0v) is 11.3. The van der Waals surface area contributed by atoms with Gasteiger partial charge in [-0.1, -0.05) is 6.07 Å². The molecule has 1 N–H and O–H groups in total. The van der Waals surface area contributed by atoms with Crippen molar-refractivity contribution >= 4 is 0 Å². The standard InChI is InChI=1S/C15H17NO3/c1-10-7-11(2)16-15(14(10)9-17)19-13-6-4-5-12(8-13)18-3/h4-8,17H,9H2,1-3H3. The molecule has 0 atom stereocenters. The van der Waals surface area contributed by atoms with Crippen LogP contribution in [0.1, 0.15) is 16.8 Å². The van der Waals surface area contributed by atoms with Crippen molar-refractivity contribution in [1.29, 1.82) is 0 Å². The molecule has 0 aliphatic carbocycles. The van der Waals surface area contributed by atoms with Crippen LogP contribution in [-0.2, 0) is 6.61 Å². The van der Waals surface area contributed by atoms with Gasteiger partial charge in [-0.25, -0.2) is 4.98 Å². The van der Waals surface area contributed by atoms with E-state index in [2.05, 4.69) is 4.98 Å². The molecule has 1 heterocycles. The highest BCUT2D eigenvalue weighted by molar-refractivity contribution is 5.40. The van der Waals surface area contributed by atoms with Crippen LogP contribution in [0.5, 0.6) is 17.4 Å². The van der Waals surface area contributed by atoms with Crippen molar-refractivity contribution in [1.82, 2.24) is 4.98 Å². The van der Waals surface area contributed by atoms with Crippen LogP contribution in [0.3, 0.4) is 0 Å². The Morgan fingerprint density at radius 1 is 1.16 bits per heavy atom. The van der Waals surface area contributed by atoms with Crippen LogP contribution in [0.15, 0.2) is 30.3 Å². The Bertz CT molecular complexity index is 582. The van der Waals surface area contributed by atoms with E-state index in [1.165, 1.54) is 0 Å². The van der Waals surface area contributed by atoms with Crippen molar-refractivity contribution in [3.05, 3.63) is 47.2 Å². The summed E-state index contributed by atoms with van der Waals surface area (Å²) in [5, 5.41) is 9.42. The summed E-state index contributed by atoms with van der Waals surface area (Å²) < 4.78 is 10.9. The van der Waals surface area contributed by atoms with E-state index in [1.54, 1.807) is 13.2 Å². The lowest BCUT2D eigenvalue weighted by atomic mass is 10.1. The number of nitrogens with zero attached hydrogens (tertiary/aromatic N) is 1.